The number of hydrogen-bond acceptors (Lipinski definition) is 6. The SMILES string of the molecule is Clc1ccc2c(n1)-c1ncccc1C21c2ccccc2Oc2c1ccc1c2Sc2ccccc2N1c1cccnc1. The molecule has 3 aromatic carbocycles. The first kappa shape index (κ1) is 23.1. The second kappa shape index (κ2) is 8.43. The van der Waals surface area contributed by atoms with Crippen LogP contribution in [0.1, 0.15) is 22.3 Å². The van der Waals surface area contributed by atoms with E-state index in [0.29, 0.717) is 5.15 Å². The molecule has 194 valence electrons. The van der Waals surface area contributed by atoms with Gasteiger partial charge in [-0.2, -0.15) is 0 Å². The highest BCUT2D eigenvalue weighted by Gasteiger charge is 2.53. The van der Waals surface area contributed by atoms with E-state index in [1.54, 1.807) is 18.0 Å². The first-order valence-electron chi connectivity index (χ1n) is 13.3. The molecule has 0 N–H and O–H groups in total. The molecule has 1 atom stereocenters. The zero-order chi connectivity index (χ0) is 27.1. The van der Waals surface area contributed by atoms with Gasteiger partial charge >= 0.3 is 0 Å². The number of rotatable bonds is 1. The molecule has 7 heteroatoms. The number of aromatic nitrogens is 3. The fourth-order valence-electron chi connectivity index (χ4n) is 6.62. The van der Waals surface area contributed by atoms with Crippen LogP contribution in [-0.2, 0) is 5.41 Å². The first-order valence-corrected chi connectivity index (χ1v) is 14.5. The molecule has 0 bridgehead atoms. The van der Waals surface area contributed by atoms with Gasteiger partial charge in [-0.3, -0.25) is 9.97 Å². The van der Waals surface area contributed by atoms with E-state index in [4.69, 9.17) is 26.3 Å². The van der Waals surface area contributed by atoms with E-state index in [1.807, 2.05) is 36.7 Å². The Morgan fingerprint density at radius 1 is 0.707 bits per heavy atom. The fraction of sp³-hybridized carbons (Fsp3) is 0.0294. The Morgan fingerprint density at radius 3 is 2.44 bits per heavy atom. The van der Waals surface area contributed by atoms with Crippen molar-refractivity contribution in [2.45, 2.75) is 15.2 Å². The van der Waals surface area contributed by atoms with Crippen LogP contribution in [0.2, 0.25) is 5.15 Å². The summed E-state index contributed by atoms with van der Waals surface area (Å²) in [4.78, 5) is 18.5. The van der Waals surface area contributed by atoms with Crippen molar-refractivity contribution in [1.82, 2.24) is 15.0 Å². The fourth-order valence-corrected chi connectivity index (χ4v) is 7.90. The molecule has 3 aliphatic rings. The van der Waals surface area contributed by atoms with Crippen LogP contribution in [-0.4, -0.2) is 15.0 Å². The first-order chi connectivity index (χ1) is 20.2. The maximum absolute atomic E-state index is 6.89. The summed E-state index contributed by atoms with van der Waals surface area (Å²) < 4.78 is 6.89. The third-order valence-electron chi connectivity index (χ3n) is 8.16. The molecule has 5 heterocycles. The second-order valence-corrected chi connectivity index (χ2v) is 11.6. The number of para-hydroxylation sites is 2. The van der Waals surface area contributed by atoms with Crippen molar-refractivity contribution in [3.8, 4) is 22.9 Å². The molecule has 0 amide bonds. The third-order valence-corrected chi connectivity index (χ3v) is 9.54. The summed E-state index contributed by atoms with van der Waals surface area (Å²) in [6.45, 7) is 0. The molecule has 0 radical (unpaired) electrons. The Labute approximate surface area is 245 Å². The van der Waals surface area contributed by atoms with Crippen molar-refractivity contribution in [1.29, 1.82) is 0 Å². The number of pyridine rings is 3. The minimum absolute atomic E-state index is 0.447. The van der Waals surface area contributed by atoms with Crippen molar-refractivity contribution in [3.05, 3.63) is 143 Å². The lowest BCUT2D eigenvalue weighted by Gasteiger charge is -2.41. The number of anilines is 3. The van der Waals surface area contributed by atoms with Gasteiger partial charge in [0.1, 0.15) is 16.7 Å². The molecular formula is C34H19ClN4OS. The van der Waals surface area contributed by atoms with Crippen LogP contribution < -0.4 is 9.64 Å². The molecule has 2 aliphatic heterocycles. The zero-order valence-electron chi connectivity index (χ0n) is 21.5. The number of fused-ring (bicyclic) bond motifs is 12. The predicted octanol–water partition coefficient (Wildman–Crippen LogP) is 8.93. The van der Waals surface area contributed by atoms with Gasteiger partial charge in [-0.25, -0.2) is 4.98 Å². The van der Waals surface area contributed by atoms with Crippen LogP contribution in [0.25, 0.3) is 11.4 Å². The maximum atomic E-state index is 6.89. The van der Waals surface area contributed by atoms with Gasteiger partial charge in [-0.05, 0) is 59.7 Å². The average molecular weight is 567 g/mol. The molecule has 3 aromatic heterocycles. The third kappa shape index (κ3) is 3.01. The van der Waals surface area contributed by atoms with Crippen molar-refractivity contribution < 1.29 is 4.74 Å². The van der Waals surface area contributed by atoms with Gasteiger partial charge in [0.25, 0.3) is 0 Å². The van der Waals surface area contributed by atoms with Gasteiger partial charge < -0.3 is 9.64 Å². The molecule has 6 aromatic rings. The summed E-state index contributed by atoms with van der Waals surface area (Å²) in [6, 6.07) is 33.4. The molecular weight excluding hydrogens is 548 g/mol. The Morgan fingerprint density at radius 2 is 1.51 bits per heavy atom. The minimum Gasteiger partial charge on any atom is -0.455 e. The monoisotopic (exact) mass is 566 g/mol. The Hall–Kier alpha value is -4.65. The molecule has 5 nitrogen and oxygen atoms in total. The van der Waals surface area contributed by atoms with E-state index in [-0.39, 0.29) is 0 Å². The molecule has 0 fully saturated rings. The molecule has 1 spiro atoms. The van der Waals surface area contributed by atoms with Crippen LogP contribution in [0.4, 0.5) is 17.1 Å². The Bertz CT molecular complexity index is 2050. The zero-order valence-corrected chi connectivity index (χ0v) is 23.0. The lowest BCUT2D eigenvalue weighted by Crippen LogP contribution is -2.33. The Balaban J connectivity index is 1.39. The van der Waals surface area contributed by atoms with E-state index >= 15 is 0 Å². The minimum atomic E-state index is -0.660. The van der Waals surface area contributed by atoms with E-state index in [0.717, 1.165) is 72.0 Å². The van der Waals surface area contributed by atoms with Crippen LogP contribution in [0.5, 0.6) is 11.5 Å². The van der Waals surface area contributed by atoms with Gasteiger partial charge in [0, 0.05) is 28.4 Å². The lowest BCUT2D eigenvalue weighted by atomic mass is 9.66. The van der Waals surface area contributed by atoms with E-state index in [1.165, 1.54) is 0 Å². The second-order valence-electron chi connectivity index (χ2n) is 10.2. The largest absolute Gasteiger partial charge is 0.455 e. The van der Waals surface area contributed by atoms with Crippen LogP contribution in [0.15, 0.2) is 125 Å². The summed E-state index contributed by atoms with van der Waals surface area (Å²) in [5, 5.41) is 0.447. The average Bonchev–Trinajstić information content (AvgIpc) is 3.30. The topological polar surface area (TPSA) is 51.1 Å². The molecule has 0 saturated heterocycles. The van der Waals surface area contributed by atoms with Crippen molar-refractivity contribution in [3.63, 3.8) is 0 Å². The normalized spacial score (nSPS) is 17.0. The van der Waals surface area contributed by atoms with Gasteiger partial charge in [0.2, 0.25) is 0 Å². The van der Waals surface area contributed by atoms with E-state index in [9.17, 15) is 0 Å². The van der Waals surface area contributed by atoms with Crippen molar-refractivity contribution in [2.24, 2.45) is 0 Å². The Kier molecular flexibility index (Phi) is 4.75. The summed E-state index contributed by atoms with van der Waals surface area (Å²) in [5.41, 5.74) is 8.41. The highest BCUT2D eigenvalue weighted by atomic mass is 35.5. The molecule has 1 unspecified atom stereocenters. The summed E-state index contributed by atoms with van der Waals surface area (Å²) in [5.74, 6) is 1.66. The van der Waals surface area contributed by atoms with Crippen LogP contribution >= 0.6 is 23.4 Å². The van der Waals surface area contributed by atoms with Gasteiger partial charge in [0.15, 0.2) is 0 Å². The molecule has 9 rings (SSSR count). The smallest absolute Gasteiger partial charge is 0.148 e. The maximum Gasteiger partial charge on any atom is 0.148 e. The van der Waals surface area contributed by atoms with Crippen LogP contribution in [0, 0.1) is 0 Å². The van der Waals surface area contributed by atoms with Crippen molar-refractivity contribution >= 4 is 40.4 Å². The van der Waals surface area contributed by atoms with E-state index in [2.05, 4.69) is 82.7 Å². The summed E-state index contributed by atoms with van der Waals surface area (Å²) >= 11 is 8.20. The number of nitrogens with zero attached hydrogens (tertiary/aromatic N) is 4. The number of benzene rings is 3. The molecule has 1 aliphatic carbocycles. The van der Waals surface area contributed by atoms with Gasteiger partial charge in [-0.15, -0.1) is 0 Å². The van der Waals surface area contributed by atoms with Gasteiger partial charge in [-0.1, -0.05) is 71.9 Å². The van der Waals surface area contributed by atoms with E-state index < -0.39 is 5.41 Å². The summed E-state index contributed by atoms with van der Waals surface area (Å²) in [7, 11) is 0. The molecule has 0 saturated carbocycles. The predicted molar refractivity (Wildman–Crippen MR) is 161 cm³/mol. The standard InChI is InChI=1S/C34H19ClN4OS/c35-29-16-14-23-31(38-29)30-22(9-6-18-37-30)34(23)21-8-1-3-11-27(21)40-32-24(34)13-15-26-33(32)41-28-12-4-2-10-25(28)39(26)20-7-5-17-36-19-20/h1-19H. The molecule has 41 heavy (non-hydrogen) atoms. The number of halogens is 1. The lowest BCUT2D eigenvalue weighted by molar-refractivity contribution is 0.426. The highest BCUT2D eigenvalue weighted by molar-refractivity contribution is 7.99. The van der Waals surface area contributed by atoms with Crippen LogP contribution in [0.3, 0.4) is 0 Å². The highest BCUT2D eigenvalue weighted by Crippen LogP contribution is 2.65. The van der Waals surface area contributed by atoms with Gasteiger partial charge in [0.05, 0.1) is 45.0 Å². The van der Waals surface area contributed by atoms with Crippen molar-refractivity contribution in [2.75, 3.05) is 4.90 Å². The number of ether oxygens (including phenoxy) is 1. The summed E-state index contributed by atoms with van der Waals surface area (Å²) in [6.07, 6.45) is 5.52. The quantitative estimate of drug-likeness (QED) is 0.185. The number of hydrogen-bond donors (Lipinski definition) is 0.